The monoisotopic (exact) mass is 276 g/mol. The van der Waals surface area contributed by atoms with Gasteiger partial charge in [0.1, 0.15) is 22.3 Å². The molecular formula is C11H12N6OS. The van der Waals surface area contributed by atoms with Gasteiger partial charge in [-0.2, -0.15) is 5.10 Å². The fraction of sp³-hybridized carbons (Fsp3) is 0.273. The molecule has 0 saturated carbocycles. The molecule has 0 aliphatic carbocycles. The van der Waals surface area contributed by atoms with Crippen LogP contribution in [0.4, 0.5) is 5.82 Å². The Labute approximate surface area is 112 Å². The van der Waals surface area contributed by atoms with Gasteiger partial charge in [-0.25, -0.2) is 19.9 Å². The Kier molecular flexibility index (Phi) is 3.00. The van der Waals surface area contributed by atoms with Gasteiger partial charge in [0.2, 0.25) is 0 Å². The summed E-state index contributed by atoms with van der Waals surface area (Å²) in [5.41, 5.74) is -0.311. The maximum Gasteiger partial charge on any atom is 0.340 e. The number of aryl methyl sites for hydroxylation is 1. The van der Waals surface area contributed by atoms with E-state index in [9.17, 15) is 4.79 Å². The topological polar surface area (TPSA) is 99.4 Å². The molecule has 7 nitrogen and oxygen atoms in total. The number of hydrogen-bond acceptors (Lipinski definition) is 6. The van der Waals surface area contributed by atoms with Crippen molar-refractivity contribution in [2.24, 2.45) is 0 Å². The van der Waals surface area contributed by atoms with E-state index in [1.807, 2.05) is 18.4 Å². The number of rotatable bonds is 4. The molecular weight excluding hydrogens is 264 g/mol. The molecule has 0 bridgehead atoms. The largest absolute Gasteiger partial charge is 0.362 e. The van der Waals surface area contributed by atoms with Gasteiger partial charge in [-0.15, -0.1) is 11.3 Å². The second-order valence-corrected chi connectivity index (χ2v) is 4.85. The minimum Gasteiger partial charge on any atom is -0.362 e. The molecule has 0 unspecified atom stereocenters. The molecule has 3 rings (SSSR count). The average molecular weight is 276 g/mol. The summed E-state index contributed by atoms with van der Waals surface area (Å²) in [6.07, 6.45) is 0.780. The van der Waals surface area contributed by atoms with Gasteiger partial charge in [-0.1, -0.05) is 6.92 Å². The second kappa shape index (κ2) is 4.81. The zero-order valence-electron chi connectivity index (χ0n) is 10.2. The number of anilines is 1. The van der Waals surface area contributed by atoms with Crippen LogP contribution in [0.3, 0.4) is 0 Å². The van der Waals surface area contributed by atoms with Crippen LogP contribution < -0.4 is 11.0 Å². The predicted molar refractivity (Wildman–Crippen MR) is 73.3 cm³/mol. The summed E-state index contributed by atoms with van der Waals surface area (Å²) in [4.78, 5) is 23.4. The number of nitrogens with one attached hydrogen (secondary N) is 3. The summed E-state index contributed by atoms with van der Waals surface area (Å²) in [5, 5.41) is 12.3. The van der Waals surface area contributed by atoms with Crippen molar-refractivity contribution in [1.82, 2.24) is 25.1 Å². The number of H-pyrrole nitrogens is 2. The molecule has 0 saturated heterocycles. The van der Waals surface area contributed by atoms with Crippen molar-refractivity contribution in [3.63, 3.8) is 0 Å². The van der Waals surface area contributed by atoms with E-state index in [4.69, 9.17) is 0 Å². The van der Waals surface area contributed by atoms with Gasteiger partial charge in [0, 0.05) is 6.42 Å². The van der Waals surface area contributed by atoms with Gasteiger partial charge in [0.05, 0.1) is 11.9 Å². The molecule has 0 radical (unpaired) electrons. The zero-order valence-corrected chi connectivity index (χ0v) is 11.0. The van der Waals surface area contributed by atoms with Crippen molar-refractivity contribution < 1.29 is 0 Å². The summed E-state index contributed by atoms with van der Waals surface area (Å²) in [7, 11) is 0. The summed E-state index contributed by atoms with van der Waals surface area (Å²) in [6.45, 7) is 2.42. The second-order valence-electron chi connectivity index (χ2n) is 3.96. The molecule has 0 aliphatic rings. The molecule has 0 aromatic carbocycles. The van der Waals surface area contributed by atoms with E-state index >= 15 is 0 Å². The van der Waals surface area contributed by atoms with Crippen LogP contribution in [-0.4, -0.2) is 25.1 Å². The van der Waals surface area contributed by atoms with Crippen molar-refractivity contribution >= 4 is 27.4 Å². The Morgan fingerprint density at radius 3 is 3.05 bits per heavy atom. The van der Waals surface area contributed by atoms with Gasteiger partial charge in [-0.3, -0.25) is 4.98 Å². The lowest BCUT2D eigenvalue weighted by molar-refractivity contribution is 0.926. The zero-order chi connectivity index (χ0) is 13.2. The van der Waals surface area contributed by atoms with Gasteiger partial charge in [-0.05, 0) is 11.4 Å². The molecule has 8 heteroatoms. The van der Waals surface area contributed by atoms with E-state index in [1.54, 1.807) is 11.3 Å². The maximum atomic E-state index is 10.9. The Morgan fingerprint density at radius 1 is 1.42 bits per heavy atom. The number of aromatic nitrogens is 5. The van der Waals surface area contributed by atoms with Crippen LogP contribution in [0, 0.1) is 0 Å². The number of aromatic amines is 2. The van der Waals surface area contributed by atoms with E-state index in [-0.39, 0.29) is 5.69 Å². The molecule has 3 N–H and O–H groups in total. The Morgan fingerprint density at radius 2 is 2.32 bits per heavy atom. The SMILES string of the molecule is CCc1nc(NCc2n[nH]c(=O)[nH]2)c2ccsc2n1. The van der Waals surface area contributed by atoms with E-state index in [0.29, 0.717) is 12.4 Å². The van der Waals surface area contributed by atoms with E-state index in [1.165, 1.54) is 0 Å². The lowest BCUT2D eigenvalue weighted by Crippen LogP contribution is -2.07. The minimum absolute atomic E-state index is 0.311. The average Bonchev–Trinajstić information content (AvgIpc) is 3.04. The summed E-state index contributed by atoms with van der Waals surface area (Å²) in [6, 6.07) is 1.98. The molecule has 0 aliphatic heterocycles. The third kappa shape index (κ3) is 2.34. The van der Waals surface area contributed by atoms with Gasteiger partial charge >= 0.3 is 5.69 Å². The van der Waals surface area contributed by atoms with Gasteiger partial charge in [0.15, 0.2) is 0 Å². The van der Waals surface area contributed by atoms with Crippen LogP contribution in [0.2, 0.25) is 0 Å². The fourth-order valence-electron chi connectivity index (χ4n) is 1.75. The first-order chi connectivity index (χ1) is 9.26. The third-order valence-corrected chi connectivity index (χ3v) is 3.47. The first-order valence-corrected chi connectivity index (χ1v) is 6.76. The highest BCUT2D eigenvalue weighted by atomic mass is 32.1. The van der Waals surface area contributed by atoms with Crippen LogP contribution in [0.1, 0.15) is 18.6 Å². The van der Waals surface area contributed by atoms with Crippen LogP contribution in [0.25, 0.3) is 10.2 Å². The predicted octanol–water partition coefficient (Wildman–Crippen LogP) is 1.28. The van der Waals surface area contributed by atoms with Crippen molar-refractivity contribution in [2.45, 2.75) is 19.9 Å². The highest BCUT2D eigenvalue weighted by Gasteiger charge is 2.08. The fourth-order valence-corrected chi connectivity index (χ4v) is 2.53. The van der Waals surface area contributed by atoms with Crippen molar-refractivity contribution in [2.75, 3.05) is 5.32 Å². The molecule has 98 valence electrons. The number of nitrogens with zero attached hydrogens (tertiary/aromatic N) is 3. The summed E-state index contributed by atoms with van der Waals surface area (Å²) < 4.78 is 0. The minimum atomic E-state index is -0.311. The highest BCUT2D eigenvalue weighted by molar-refractivity contribution is 7.16. The molecule has 0 spiro atoms. The first-order valence-electron chi connectivity index (χ1n) is 5.88. The number of fused-ring (bicyclic) bond motifs is 1. The molecule has 0 fully saturated rings. The smallest absolute Gasteiger partial charge is 0.340 e. The molecule has 19 heavy (non-hydrogen) atoms. The standard InChI is InChI=1S/C11H12N6OS/c1-2-7-13-9(6-3-4-19-10(6)14-7)12-5-8-15-11(18)17-16-8/h3-4H,2,5H2,1H3,(H,12,13,14)(H2,15,16,17,18). The first kappa shape index (κ1) is 11.8. The quantitative estimate of drug-likeness (QED) is 0.666. The van der Waals surface area contributed by atoms with Gasteiger partial charge < -0.3 is 5.32 Å². The van der Waals surface area contributed by atoms with Crippen LogP contribution >= 0.6 is 11.3 Å². The van der Waals surface area contributed by atoms with E-state index in [2.05, 4.69) is 30.5 Å². The molecule has 0 amide bonds. The van der Waals surface area contributed by atoms with Gasteiger partial charge in [0.25, 0.3) is 0 Å². The van der Waals surface area contributed by atoms with Crippen LogP contribution in [0.5, 0.6) is 0 Å². The van der Waals surface area contributed by atoms with E-state index < -0.39 is 0 Å². The van der Waals surface area contributed by atoms with Crippen molar-refractivity contribution in [3.05, 3.63) is 33.6 Å². The Hall–Kier alpha value is -2.22. The third-order valence-electron chi connectivity index (χ3n) is 2.66. The number of thiophene rings is 1. The van der Waals surface area contributed by atoms with Crippen molar-refractivity contribution in [3.8, 4) is 0 Å². The Balaban J connectivity index is 1.90. The maximum absolute atomic E-state index is 10.9. The van der Waals surface area contributed by atoms with Crippen LogP contribution in [0.15, 0.2) is 16.2 Å². The molecule has 3 heterocycles. The lowest BCUT2D eigenvalue weighted by Gasteiger charge is -2.06. The lowest BCUT2D eigenvalue weighted by atomic mass is 10.3. The normalized spacial score (nSPS) is 11.0. The summed E-state index contributed by atoms with van der Waals surface area (Å²) in [5.74, 6) is 2.12. The number of hydrogen-bond donors (Lipinski definition) is 3. The van der Waals surface area contributed by atoms with Crippen LogP contribution in [-0.2, 0) is 13.0 Å². The summed E-state index contributed by atoms with van der Waals surface area (Å²) >= 11 is 1.59. The molecule has 3 aromatic heterocycles. The molecule has 3 aromatic rings. The van der Waals surface area contributed by atoms with E-state index in [0.717, 1.165) is 28.3 Å². The highest BCUT2D eigenvalue weighted by Crippen LogP contribution is 2.25. The molecule has 0 atom stereocenters. The van der Waals surface area contributed by atoms with Crippen molar-refractivity contribution in [1.29, 1.82) is 0 Å². The Bertz CT molecular complexity index is 758.